The number of anilines is 1. The number of aliphatic hydroxyl groups excluding tert-OH is 1. The van der Waals surface area contributed by atoms with Crippen molar-refractivity contribution in [3.05, 3.63) is 89.5 Å². The summed E-state index contributed by atoms with van der Waals surface area (Å²) in [6.45, 7) is 10.6. The number of carbonyl (C=O) groups is 2. The standard InChI is InChI=1S/C34H32N2O7S/c1-5-14-42-26-13-8-20(17-27(26)41-7-3)30-29(31(37)21-9-12-25-22(16-21)15-19(4)43-25)32(38)33(39)36(30)34-35-24-11-10-23(40-6-2)18-28(24)44-34/h5,8-13,16-19,30,37H,1,6-7,14-15H2,2-4H3/b31-29+. The maximum atomic E-state index is 13.8. The first-order valence-electron chi connectivity index (χ1n) is 14.5. The Bertz CT molecular complexity index is 1810. The molecular formula is C34H32N2O7S. The lowest BCUT2D eigenvalue weighted by atomic mass is 9.94. The molecule has 6 rings (SSSR count). The molecule has 2 unspecified atom stereocenters. The van der Waals surface area contributed by atoms with E-state index >= 15 is 0 Å². The number of ketones is 1. The Labute approximate surface area is 259 Å². The van der Waals surface area contributed by atoms with E-state index in [0.717, 1.165) is 16.0 Å². The molecule has 1 N–H and O–H groups in total. The predicted octanol–water partition coefficient (Wildman–Crippen LogP) is 6.61. The van der Waals surface area contributed by atoms with Gasteiger partial charge < -0.3 is 24.1 Å². The molecule has 3 aromatic carbocycles. The van der Waals surface area contributed by atoms with E-state index in [0.29, 0.717) is 58.7 Å². The Kier molecular flexibility index (Phi) is 8.01. The van der Waals surface area contributed by atoms with Gasteiger partial charge in [-0.15, -0.1) is 0 Å². The summed E-state index contributed by atoms with van der Waals surface area (Å²) in [6.07, 6.45) is 2.31. The third kappa shape index (κ3) is 5.26. The minimum Gasteiger partial charge on any atom is -0.507 e. The van der Waals surface area contributed by atoms with Gasteiger partial charge in [-0.05, 0) is 80.4 Å². The van der Waals surface area contributed by atoms with E-state index in [1.54, 1.807) is 36.4 Å². The quantitative estimate of drug-likeness (QED) is 0.0923. The monoisotopic (exact) mass is 612 g/mol. The molecule has 226 valence electrons. The van der Waals surface area contributed by atoms with Crippen molar-refractivity contribution in [3.8, 4) is 23.0 Å². The molecule has 2 atom stereocenters. The number of aromatic nitrogens is 1. The molecule has 1 saturated heterocycles. The Morgan fingerprint density at radius 3 is 2.66 bits per heavy atom. The van der Waals surface area contributed by atoms with Crippen LogP contribution in [0.1, 0.15) is 43.5 Å². The molecule has 0 radical (unpaired) electrons. The summed E-state index contributed by atoms with van der Waals surface area (Å²) < 4.78 is 23.9. The van der Waals surface area contributed by atoms with Gasteiger partial charge in [0.05, 0.1) is 35.0 Å². The van der Waals surface area contributed by atoms with Crippen molar-refractivity contribution in [2.24, 2.45) is 0 Å². The maximum absolute atomic E-state index is 13.8. The largest absolute Gasteiger partial charge is 0.507 e. The van der Waals surface area contributed by atoms with Gasteiger partial charge in [0.2, 0.25) is 0 Å². The van der Waals surface area contributed by atoms with E-state index in [1.807, 2.05) is 45.0 Å². The number of aliphatic hydroxyl groups is 1. The smallest absolute Gasteiger partial charge is 0.301 e. The van der Waals surface area contributed by atoms with Crippen LogP contribution in [0.5, 0.6) is 23.0 Å². The first kappa shape index (κ1) is 29.3. The van der Waals surface area contributed by atoms with Crippen LogP contribution < -0.4 is 23.8 Å². The number of nitrogens with zero attached hydrogens (tertiary/aromatic N) is 2. The average Bonchev–Trinajstić information content (AvgIpc) is 3.68. The molecule has 44 heavy (non-hydrogen) atoms. The van der Waals surface area contributed by atoms with Crippen molar-refractivity contribution in [1.29, 1.82) is 0 Å². The topological polar surface area (TPSA) is 107 Å². The lowest BCUT2D eigenvalue weighted by Gasteiger charge is -2.24. The fourth-order valence-corrected chi connectivity index (χ4v) is 6.57. The number of fused-ring (bicyclic) bond motifs is 2. The summed E-state index contributed by atoms with van der Waals surface area (Å²) >= 11 is 1.27. The van der Waals surface area contributed by atoms with Gasteiger partial charge in [-0.25, -0.2) is 4.98 Å². The van der Waals surface area contributed by atoms with Crippen molar-refractivity contribution in [1.82, 2.24) is 4.98 Å². The summed E-state index contributed by atoms with van der Waals surface area (Å²) in [6, 6.07) is 15.0. The Morgan fingerprint density at radius 2 is 1.89 bits per heavy atom. The molecule has 9 nitrogen and oxygen atoms in total. The van der Waals surface area contributed by atoms with E-state index in [2.05, 4.69) is 6.58 Å². The number of carbonyl (C=O) groups excluding carboxylic acids is 2. The number of benzene rings is 3. The van der Waals surface area contributed by atoms with Crippen LogP contribution in [0.2, 0.25) is 0 Å². The fraction of sp³-hybridized carbons (Fsp3) is 0.265. The highest BCUT2D eigenvalue weighted by Crippen LogP contribution is 2.46. The zero-order valence-electron chi connectivity index (χ0n) is 24.7. The van der Waals surface area contributed by atoms with Crippen LogP contribution >= 0.6 is 11.3 Å². The third-order valence-corrected chi connectivity index (χ3v) is 8.44. The highest BCUT2D eigenvalue weighted by atomic mass is 32.1. The number of amides is 1. The number of hydrogen-bond acceptors (Lipinski definition) is 9. The SMILES string of the molecule is C=CCOc1ccc(C2/C(=C(\O)c3ccc4c(c3)CC(C)O4)C(=O)C(=O)N2c2nc3ccc(OCC)cc3s2)cc1OCC. The molecule has 1 aromatic heterocycles. The Hall–Kier alpha value is -4.83. The first-order valence-corrected chi connectivity index (χ1v) is 15.3. The fourth-order valence-electron chi connectivity index (χ4n) is 5.55. The lowest BCUT2D eigenvalue weighted by Crippen LogP contribution is -2.29. The molecule has 4 aromatic rings. The Balaban J connectivity index is 1.52. The molecule has 0 aliphatic carbocycles. The molecule has 2 aliphatic heterocycles. The summed E-state index contributed by atoms with van der Waals surface area (Å²) in [4.78, 5) is 33.7. The maximum Gasteiger partial charge on any atom is 0.301 e. The summed E-state index contributed by atoms with van der Waals surface area (Å²) in [7, 11) is 0. The molecule has 1 amide bonds. The van der Waals surface area contributed by atoms with Crippen molar-refractivity contribution in [2.45, 2.75) is 39.3 Å². The van der Waals surface area contributed by atoms with Crippen LogP contribution in [0.3, 0.4) is 0 Å². The molecule has 0 spiro atoms. The minimum atomic E-state index is -0.988. The highest BCUT2D eigenvalue weighted by molar-refractivity contribution is 7.22. The molecule has 0 bridgehead atoms. The molecule has 3 heterocycles. The molecule has 0 saturated carbocycles. The van der Waals surface area contributed by atoms with Crippen LogP contribution in [0.15, 0.2) is 72.8 Å². The highest BCUT2D eigenvalue weighted by Gasteiger charge is 2.48. The zero-order chi connectivity index (χ0) is 31.0. The molecule has 10 heteroatoms. The van der Waals surface area contributed by atoms with Gasteiger partial charge in [0.1, 0.15) is 30.0 Å². The van der Waals surface area contributed by atoms with Gasteiger partial charge in [-0.2, -0.15) is 0 Å². The van der Waals surface area contributed by atoms with Crippen LogP contribution in [-0.2, 0) is 16.0 Å². The van der Waals surface area contributed by atoms with Crippen LogP contribution in [0.4, 0.5) is 5.13 Å². The molecular weight excluding hydrogens is 580 g/mol. The normalized spacial score (nSPS) is 18.8. The number of hydrogen-bond donors (Lipinski definition) is 1. The van der Waals surface area contributed by atoms with E-state index in [1.165, 1.54) is 16.2 Å². The predicted molar refractivity (Wildman–Crippen MR) is 169 cm³/mol. The van der Waals surface area contributed by atoms with E-state index in [4.69, 9.17) is 23.9 Å². The van der Waals surface area contributed by atoms with Crippen molar-refractivity contribution < 1.29 is 33.6 Å². The van der Waals surface area contributed by atoms with E-state index < -0.39 is 17.7 Å². The molecule has 1 fully saturated rings. The van der Waals surface area contributed by atoms with Gasteiger partial charge >= 0.3 is 5.91 Å². The van der Waals surface area contributed by atoms with Gasteiger partial charge in [-0.1, -0.05) is 30.1 Å². The number of ether oxygens (including phenoxy) is 4. The van der Waals surface area contributed by atoms with Gasteiger partial charge in [0.15, 0.2) is 16.6 Å². The second-order valence-electron chi connectivity index (χ2n) is 10.4. The van der Waals surface area contributed by atoms with Gasteiger partial charge in [-0.3, -0.25) is 14.5 Å². The lowest BCUT2D eigenvalue weighted by molar-refractivity contribution is -0.132. The summed E-state index contributed by atoms with van der Waals surface area (Å²) in [5.74, 6) is 0.474. The van der Waals surface area contributed by atoms with E-state index in [9.17, 15) is 14.7 Å². The average molecular weight is 613 g/mol. The number of rotatable bonds is 10. The minimum absolute atomic E-state index is 0.00839. The van der Waals surface area contributed by atoms with Crippen molar-refractivity contribution in [3.63, 3.8) is 0 Å². The second kappa shape index (κ2) is 12.0. The van der Waals surface area contributed by atoms with Gasteiger partial charge in [0, 0.05) is 12.0 Å². The number of Topliss-reactive ketones (excluding diaryl/α,β-unsaturated/α-hetero) is 1. The van der Waals surface area contributed by atoms with Gasteiger partial charge in [0.25, 0.3) is 5.78 Å². The van der Waals surface area contributed by atoms with E-state index in [-0.39, 0.29) is 24.0 Å². The zero-order valence-corrected chi connectivity index (χ0v) is 25.5. The van der Waals surface area contributed by atoms with Crippen LogP contribution in [-0.4, -0.2) is 47.7 Å². The van der Waals surface area contributed by atoms with Crippen molar-refractivity contribution >= 4 is 44.1 Å². The second-order valence-corrected chi connectivity index (χ2v) is 11.4. The summed E-state index contributed by atoms with van der Waals surface area (Å²) in [5.41, 5.74) is 2.51. The third-order valence-electron chi connectivity index (χ3n) is 7.42. The molecule has 2 aliphatic rings. The Morgan fingerprint density at radius 1 is 1.07 bits per heavy atom. The summed E-state index contributed by atoms with van der Waals surface area (Å²) in [5, 5.41) is 12.0. The van der Waals surface area contributed by atoms with Crippen molar-refractivity contribution in [2.75, 3.05) is 24.7 Å². The first-order chi connectivity index (χ1) is 21.3. The van der Waals surface area contributed by atoms with Crippen LogP contribution in [0.25, 0.3) is 16.0 Å². The number of thiazole rings is 1. The van der Waals surface area contributed by atoms with Crippen LogP contribution in [0, 0.1) is 0 Å².